The van der Waals surface area contributed by atoms with Crippen molar-refractivity contribution in [2.24, 2.45) is 12.8 Å². The van der Waals surface area contributed by atoms with Gasteiger partial charge in [0, 0.05) is 24.8 Å². The van der Waals surface area contributed by atoms with Gasteiger partial charge in [-0.1, -0.05) is 0 Å². The largest absolute Gasteiger partial charge is 0.479 e. The summed E-state index contributed by atoms with van der Waals surface area (Å²) >= 11 is 0. The van der Waals surface area contributed by atoms with Crippen LogP contribution in [0.15, 0.2) is 12.4 Å². The smallest absolute Gasteiger partial charge is 0.331 e. The zero-order valence-electron chi connectivity index (χ0n) is 12.1. The Morgan fingerprint density at radius 2 is 2.10 bits per heavy atom. The summed E-state index contributed by atoms with van der Waals surface area (Å²) in [6.45, 7) is 3.10. The maximum Gasteiger partial charge on any atom is 0.331 e. The molecule has 9 nitrogen and oxygen atoms in total. The van der Waals surface area contributed by atoms with Crippen LogP contribution in [0.4, 0.5) is 4.79 Å². The lowest BCUT2D eigenvalue weighted by Gasteiger charge is -2.27. The fraction of sp³-hybridized carbons (Fsp3) is 0.500. The highest BCUT2D eigenvalue weighted by Crippen LogP contribution is 2.13. The standard InChI is InChI=1S/C12H19N5O4/c1-7(2)17(6-9(13)18)12(21)15-10(11(19)20)8-4-14-16(3)5-8/h4-5,7,10H,6H2,1-3H3,(H2,13,18)(H,15,21)(H,19,20). The van der Waals surface area contributed by atoms with Gasteiger partial charge in [0.15, 0.2) is 6.04 Å². The number of aliphatic carboxylic acids is 1. The number of rotatable bonds is 6. The van der Waals surface area contributed by atoms with E-state index in [1.165, 1.54) is 17.1 Å². The van der Waals surface area contributed by atoms with Crippen LogP contribution in [-0.2, 0) is 16.6 Å². The fourth-order valence-corrected chi connectivity index (χ4v) is 1.74. The quantitative estimate of drug-likeness (QED) is 0.648. The van der Waals surface area contributed by atoms with E-state index in [4.69, 9.17) is 5.73 Å². The topological polar surface area (TPSA) is 131 Å². The Morgan fingerprint density at radius 3 is 2.48 bits per heavy atom. The molecular formula is C12H19N5O4. The van der Waals surface area contributed by atoms with Crippen LogP contribution >= 0.6 is 0 Å². The van der Waals surface area contributed by atoms with E-state index in [9.17, 15) is 19.5 Å². The first-order valence-corrected chi connectivity index (χ1v) is 6.29. The first-order chi connectivity index (χ1) is 9.72. The number of aryl methyl sites for hydroxylation is 1. The predicted octanol–water partition coefficient (Wildman–Crippen LogP) is -0.549. The molecule has 4 N–H and O–H groups in total. The third-order valence-electron chi connectivity index (χ3n) is 2.78. The molecule has 116 valence electrons. The highest BCUT2D eigenvalue weighted by Gasteiger charge is 2.27. The number of primary amides is 1. The fourth-order valence-electron chi connectivity index (χ4n) is 1.74. The van der Waals surface area contributed by atoms with Gasteiger partial charge in [0.2, 0.25) is 5.91 Å². The molecule has 0 saturated heterocycles. The summed E-state index contributed by atoms with van der Waals surface area (Å²) in [5.74, 6) is -1.90. The molecule has 0 aromatic carbocycles. The molecule has 0 saturated carbocycles. The molecule has 1 atom stereocenters. The van der Waals surface area contributed by atoms with Crippen LogP contribution in [0.3, 0.4) is 0 Å². The van der Waals surface area contributed by atoms with Crippen molar-refractivity contribution in [3.05, 3.63) is 18.0 Å². The summed E-state index contributed by atoms with van der Waals surface area (Å²) in [5.41, 5.74) is 5.42. The van der Waals surface area contributed by atoms with Crippen molar-refractivity contribution in [3.63, 3.8) is 0 Å². The average Bonchev–Trinajstić information content (AvgIpc) is 2.78. The highest BCUT2D eigenvalue weighted by molar-refractivity contribution is 5.86. The zero-order chi connectivity index (χ0) is 16.2. The molecule has 0 spiro atoms. The molecule has 0 aliphatic rings. The van der Waals surface area contributed by atoms with Gasteiger partial charge in [-0.25, -0.2) is 9.59 Å². The number of aromatic nitrogens is 2. The van der Waals surface area contributed by atoms with Gasteiger partial charge >= 0.3 is 12.0 Å². The maximum atomic E-state index is 12.1. The molecule has 1 unspecified atom stereocenters. The van der Waals surface area contributed by atoms with Crippen LogP contribution in [0.25, 0.3) is 0 Å². The van der Waals surface area contributed by atoms with Gasteiger partial charge in [-0.05, 0) is 13.8 Å². The number of nitrogens with one attached hydrogen (secondary N) is 1. The number of nitrogens with two attached hydrogens (primary N) is 1. The SMILES string of the molecule is CC(C)N(CC(N)=O)C(=O)NC(C(=O)O)c1cnn(C)c1. The van der Waals surface area contributed by atoms with E-state index in [1.54, 1.807) is 20.9 Å². The Hall–Kier alpha value is -2.58. The lowest BCUT2D eigenvalue weighted by molar-refractivity contribution is -0.139. The average molecular weight is 297 g/mol. The monoisotopic (exact) mass is 297 g/mol. The molecule has 1 aromatic heterocycles. The van der Waals surface area contributed by atoms with E-state index < -0.39 is 23.9 Å². The van der Waals surface area contributed by atoms with E-state index in [-0.39, 0.29) is 12.6 Å². The number of hydrogen-bond acceptors (Lipinski definition) is 4. The van der Waals surface area contributed by atoms with Crippen LogP contribution in [0.5, 0.6) is 0 Å². The number of hydrogen-bond donors (Lipinski definition) is 3. The number of carbonyl (C=O) groups is 3. The summed E-state index contributed by atoms with van der Waals surface area (Å²) in [6.07, 6.45) is 2.85. The van der Waals surface area contributed by atoms with E-state index >= 15 is 0 Å². The summed E-state index contributed by atoms with van der Waals surface area (Å²) in [6, 6.07) is -2.23. The van der Waals surface area contributed by atoms with Gasteiger partial charge in [0.1, 0.15) is 6.54 Å². The van der Waals surface area contributed by atoms with Gasteiger partial charge in [-0.3, -0.25) is 9.48 Å². The molecular weight excluding hydrogens is 278 g/mol. The minimum atomic E-state index is -1.25. The minimum Gasteiger partial charge on any atom is -0.479 e. The zero-order valence-corrected chi connectivity index (χ0v) is 12.1. The predicted molar refractivity (Wildman–Crippen MR) is 73.2 cm³/mol. The number of carboxylic acids is 1. The lowest BCUT2D eigenvalue weighted by Crippen LogP contribution is -2.49. The number of urea groups is 1. The van der Waals surface area contributed by atoms with Gasteiger partial charge < -0.3 is 21.1 Å². The Labute approximate surface area is 121 Å². The van der Waals surface area contributed by atoms with Gasteiger partial charge in [0.05, 0.1) is 6.20 Å². The second kappa shape index (κ2) is 6.73. The molecule has 9 heteroatoms. The molecule has 0 fully saturated rings. The molecule has 0 aliphatic heterocycles. The summed E-state index contributed by atoms with van der Waals surface area (Å²) < 4.78 is 1.43. The van der Waals surface area contributed by atoms with Gasteiger partial charge in [-0.15, -0.1) is 0 Å². The van der Waals surface area contributed by atoms with Crippen molar-refractivity contribution in [2.45, 2.75) is 25.9 Å². The van der Waals surface area contributed by atoms with Crippen molar-refractivity contribution < 1.29 is 19.5 Å². The molecule has 1 aromatic rings. The summed E-state index contributed by atoms with van der Waals surface area (Å²) in [7, 11) is 1.64. The first-order valence-electron chi connectivity index (χ1n) is 6.29. The molecule has 0 radical (unpaired) electrons. The van der Waals surface area contributed by atoms with Crippen LogP contribution in [0.1, 0.15) is 25.5 Å². The molecule has 3 amide bonds. The van der Waals surface area contributed by atoms with E-state index in [2.05, 4.69) is 10.4 Å². The van der Waals surface area contributed by atoms with Gasteiger partial charge in [0.25, 0.3) is 0 Å². The van der Waals surface area contributed by atoms with E-state index in [1.807, 2.05) is 0 Å². The molecule has 21 heavy (non-hydrogen) atoms. The normalized spacial score (nSPS) is 12.0. The molecule has 0 aliphatic carbocycles. The Balaban J connectivity index is 2.89. The van der Waals surface area contributed by atoms with Crippen LogP contribution < -0.4 is 11.1 Å². The second-order valence-electron chi connectivity index (χ2n) is 4.86. The second-order valence-corrected chi connectivity index (χ2v) is 4.86. The van der Waals surface area contributed by atoms with Crippen molar-refractivity contribution in [2.75, 3.05) is 6.54 Å². The molecule has 0 bridgehead atoms. The van der Waals surface area contributed by atoms with Crippen molar-refractivity contribution in [3.8, 4) is 0 Å². The Morgan fingerprint density at radius 1 is 1.48 bits per heavy atom. The van der Waals surface area contributed by atoms with Gasteiger partial charge in [-0.2, -0.15) is 5.10 Å². The minimum absolute atomic E-state index is 0.289. The molecule has 1 heterocycles. The first kappa shape index (κ1) is 16.5. The summed E-state index contributed by atoms with van der Waals surface area (Å²) in [4.78, 5) is 35.6. The maximum absolute atomic E-state index is 12.1. The number of carbonyl (C=O) groups excluding carboxylic acids is 2. The third kappa shape index (κ3) is 4.48. The number of nitrogens with zero attached hydrogens (tertiary/aromatic N) is 3. The van der Waals surface area contributed by atoms with E-state index in [0.29, 0.717) is 5.56 Å². The van der Waals surface area contributed by atoms with Crippen LogP contribution in [0, 0.1) is 0 Å². The van der Waals surface area contributed by atoms with E-state index in [0.717, 1.165) is 4.90 Å². The number of carboxylic acid groups (broad SMARTS) is 1. The van der Waals surface area contributed by atoms with Crippen molar-refractivity contribution in [1.82, 2.24) is 20.0 Å². The van der Waals surface area contributed by atoms with Crippen LogP contribution in [-0.4, -0.2) is 50.3 Å². The Bertz CT molecular complexity index is 540. The Kier molecular flexibility index (Phi) is 5.28. The highest BCUT2D eigenvalue weighted by atomic mass is 16.4. The van der Waals surface area contributed by atoms with Crippen molar-refractivity contribution >= 4 is 17.9 Å². The summed E-state index contributed by atoms with van der Waals surface area (Å²) in [5, 5.41) is 15.5. The third-order valence-corrected chi connectivity index (χ3v) is 2.78. The molecule has 1 rings (SSSR count). The lowest BCUT2D eigenvalue weighted by atomic mass is 10.1. The van der Waals surface area contributed by atoms with Crippen LogP contribution in [0.2, 0.25) is 0 Å². The van der Waals surface area contributed by atoms with Crippen molar-refractivity contribution in [1.29, 1.82) is 0 Å². The number of amides is 3.